The van der Waals surface area contributed by atoms with Gasteiger partial charge in [-0.25, -0.2) is 9.97 Å². The van der Waals surface area contributed by atoms with Gasteiger partial charge in [0.05, 0.1) is 24.1 Å². The van der Waals surface area contributed by atoms with Gasteiger partial charge >= 0.3 is 0 Å². The third-order valence-electron chi connectivity index (χ3n) is 2.07. The lowest BCUT2D eigenvalue weighted by molar-refractivity contribution is -0.117. The molecule has 1 aliphatic rings. The number of carbonyl (C=O) groups is 1. The van der Waals surface area contributed by atoms with E-state index in [1.165, 1.54) is 6.33 Å². The van der Waals surface area contributed by atoms with Crippen molar-refractivity contribution in [1.29, 1.82) is 0 Å². The van der Waals surface area contributed by atoms with E-state index in [9.17, 15) is 4.79 Å². The van der Waals surface area contributed by atoms with Gasteiger partial charge in [0.2, 0.25) is 5.91 Å². The van der Waals surface area contributed by atoms with E-state index in [0.29, 0.717) is 5.69 Å². The van der Waals surface area contributed by atoms with Crippen molar-refractivity contribution in [2.24, 2.45) is 0 Å². The van der Waals surface area contributed by atoms with E-state index in [1.54, 1.807) is 24.2 Å². The Morgan fingerprint density at radius 2 is 2.33 bits per heavy atom. The molecule has 1 amide bonds. The average Bonchev–Trinajstić information content (AvgIpc) is 2.31. The molecule has 2 rings (SSSR count). The van der Waals surface area contributed by atoms with Crippen molar-refractivity contribution in [2.45, 2.75) is 6.04 Å². The Morgan fingerprint density at radius 1 is 1.53 bits per heavy atom. The summed E-state index contributed by atoms with van der Waals surface area (Å²) in [4.78, 5) is 19.4. The number of amides is 1. The number of aromatic nitrogens is 2. The summed E-state index contributed by atoms with van der Waals surface area (Å²) >= 11 is 1.79. The van der Waals surface area contributed by atoms with E-state index in [-0.39, 0.29) is 11.9 Å². The van der Waals surface area contributed by atoms with Crippen LogP contribution in [-0.4, -0.2) is 40.0 Å². The highest BCUT2D eigenvalue weighted by Crippen LogP contribution is 2.09. The van der Waals surface area contributed by atoms with Crippen molar-refractivity contribution in [3.8, 4) is 0 Å². The molecule has 1 fully saturated rings. The zero-order valence-electron chi connectivity index (χ0n) is 8.14. The Labute approximate surface area is 92.1 Å². The van der Waals surface area contributed by atoms with Gasteiger partial charge in [-0.15, -0.1) is 0 Å². The molecule has 1 unspecified atom stereocenters. The van der Waals surface area contributed by atoms with Gasteiger partial charge in [0.1, 0.15) is 6.33 Å². The first-order valence-corrected chi connectivity index (χ1v) is 5.89. The largest absolute Gasteiger partial charge is 0.322 e. The van der Waals surface area contributed by atoms with E-state index in [0.717, 1.165) is 18.1 Å². The summed E-state index contributed by atoms with van der Waals surface area (Å²) in [5.41, 5.74) is 0.639. The van der Waals surface area contributed by atoms with Crippen molar-refractivity contribution < 1.29 is 4.79 Å². The van der Waals surface area contributed by atoms with Crippen molar-refractivity contribution >= 4 is 23.4 Å². The number of hydrogen-bond acceptors (Lipinski definition) is 5. The zero-order chi connectivity index (χ0) is 10.5. The van der Waals surface area contributed by atoms with E-state index in [1.807, 2.05) is 0 Å². The van der Waals surface area contributed by atoms with Crippen LogP contribution in [0.5, 0.6) is 0 Å². The quantitative estimate of drug-likeness (QED) is 0.747. The minimum absolute atomic E-state index is 0.0167. The highest BCUT2D eigenvalue weighted by atomic mass is 32.2. The summed E-state index contributed by atoms with van der Waals surface area (Å²) in [7, 11) is 0. The van der Waals surface area contributed by atoms with Crippen molar-refractivity contribution in [3.63, 3.8) is 0 Å². The van der Waals surface area contributed by atoms with Crippen LogP contribution < -0.4 is 10.6 Å². The summed E-state index contributed by atoms with van der Waals surface area (Å²) in [5.74, 6) is 1.87. The first kappa shape index (κ1) is 10.4. The molecule has 15 heavy (non-hydrogen) atoms. The molecule has 5 nitrogen and oxygen atoms in total. The van der Waals surface area contributed by atoms with Gasteiger partial charge in [0.15, 0.2) is 0 Å². The van der Waals surface area contributed by atoms with Crippen molar-refractivity contribution in [2.75, 3.05) is 23.4 Å². The molecule has 6 heteroatoms. The highest BCUT2D eigenvalue weighted by Gasteiger charge is 2.20. The fourth-order valence-electron chi connectivity index (χ4n) is 1.33. The third kappa shape index (κ3) is 2.90. The fraction of sp³-hybridized carbons (Fsp3) is 0.444. The molecule has 0 aliphatic carbocycles. The van der Waals surface area contributed by atoms with Gasteiger partial charge in [-0.1, -0.05) is 0 Å². The molecule has 0 radical (unpaired) electrons. The minimum atomic E-state index is -0.107. The number of thioether (sulfide) groups is 1. The Morgan fingerprint density at radius 3 is 3.00 bits per heavy atom. The summed E-state index contributed by atoms with van der Waals surface area (Å²) in [6, 6.07) is -0.107. The van der Waals surface area contributed by atoms with E-state index >= 15 is 0 Å². The molecule has 0 spiro atoms. The predicted octanol–water partition coefficient (Wildman–Crippen LogP) is 0.120. The van der Waals surface area contributed by atoms with Crippen LogP contribution in [0.4, 0.5) is 5.69 Å². The van der Waals surface area contributed by atoms with E-state index in [2.05, 4.69) is 20.6 Å². The Balaban J connectivity index is 1.91. The van der Waals surface area contributed by atoms with Crippen LogP contribution in [0, 0.1) is 0 Å². The van der Waals surface area contributed by atoms with Crippen LogP contribution in [0.25, 0.3) is 0 Å². The second-order valence-corrected chi connectivity index (χ2v) is 4.35. The minimum Gasteiger partial charge on any atom is -0.322 e. The molecule has 0 aromatic carbocycles. The van der Waals surface area contributed by atoms with Crippen LogP contribution in [0.3, 0.4) is 0 Å². The number of rotatable bonds is 2. The molecule has 1 aliphatic heterocycles. The molecule has 1 aromatic heterocycles. The van der Waals surface area contributed by atoms with Crippen LogP contribution in [-0.2, 0) is 4.79 Å². The molecule has 2 heterocycles. The van der Waals surface area contributed by atoms with Crippen molar-refractivity contribution in [1.82, 2.24) is 15.3 Å². The van der Waals surface area contributed by atoms with Gasteiger partial charge in [-0.2, -0.15) is 11.8 Å². The fourth-order valence-corrected chi connectivity index (χ4v) is 2.26. The van der Waals surface area contributed by atoms with Crippen LogP contribution in [0.1, 0.15) is 0 Å². The van der Waals surface area contributed by atoms with Gasteiger partial charge < -0.3 is 10.6 Å². The second kappa shape index (κ2) is 5.09. The molecular weight excluding hydrogens is 212 g/mol. The summed E-state index contributed by atoms with van der Waals surface area (Å²) < 4.78 is 0. The molecular formula is C9H12N4OS. The first-order chi connectivity index (χ1) is 7.36. The molecule has 2 N–H and O–H groups in total. The van der Waals surface area contributed by atoms with E-state index in [4.69, 9.17) is 0 Å². The van der Waals surface area contributed by atoms with Gasteiger partial charge in [-0.3, -0.25) is 4.79 Å². The Hall–Kier alpha value is -1.14. The monoisotopic (exact) mass is 224 g/mol. The van der Waals surface area contributed by atoms with Crippen LogP contribution in [0.15, 0.2) is 18.7 Å². The van der Waals surface area contributed by atoms with Gasteiger partial charge in [-0.05, 0) is 0 Å². The first-order valence-electron chi connectivity index (χ1n) is 4.73. The molecule has 1 saturated heterocycles. The lowest BCUT2D eigenvalue weighted by Gasteiger charge is -2.21. The SMILES string of the molecule is O=C(Nc1cncnc1)C1CSCCN1. The lowest BCUT2D eigenvalue weighted by atomic mass is 10.3. The van der Waals surface area contributed by atoms with Crippen LogP contribution in [0.2, 0.25) is 0 Å². The van der Waals surface area contributed by atoms with Crippen LogP contribution >= 0.6 is 11.8 Å². The zero-order valence-corrected chi connectivity index (χ0v) is 8.96. The second-order valence-electron chi connectivity index (χ2n) is 3.20. The molecule has 80 valence electrons. The average molecular weight is 224 g/mol. The summed E-state index contributed by atoms with van der Waals surface area (Å²) in [6.45, 7) is 0.883. The maximum atomic E-state index is 11.7. The maximum absolute atomic E-state index is 11.7. The Bertz CT molecular complexity index is 326. The maximum Gasteiger partial charge on any atom is 0.242 e. The lowest BCUT2D eigenvalue weighted by Crippen LogP contribution is -2.46. The summed E-state index contributed by atoms with van der Waals surface area (Å²) in [6.07, 6.45) is 4.60. The number of hydrogen-bond donors (Lipinski definition) is 2. The standard InChI is InChI=1S/C9H12N4OS/c14-9(8-5-15-2-1-12-8)13-7-3-10-6-11-4-7/h3-4,6,8,12H,1-2,5H2,(H,13,14). The molecule has 0 bridgehead atoms. The van der Waals surface area contributed by atoms with Gasteiger partial charge in [0.25, 0.3) is 0 Å². The molecule has 1 aromatic rings. The summed E-state index contributed by atoms with van der Waals surface area (Å²) in [5, 5.41) is 5.94. The smallest absolute Gasteiger partial charge is 0.242 e. The van der Waals surface area contributed by atoms with Crippen molar-refractivity contribution in [3.05, 3.63) is 18.7 Å². The van der Waals surface area contributed by atoms with Gasteiger partial charge in [0, 0.05) is 18.1 Å². The van der Waals surface area contributed by atoms with E-state index < -0.39 is 0 Å². The molecule has 1 atom stereocenters. The number of nitrogens with zero attached hydrogens (tertiary/aromatic N) is 2. The predicted molar refractivity (Wildman–Crippen MR) is 59.8 cm³/mol. The topological polar surface area (TPSA) is 66.9 Å². The Kier molecular flexibility index (Phi) is 3.52. The number of anilines is 1. The number of carbonyl (C=O) groups excluding carboxylic acids is 1. The highest BCUT2D eigenvalue weighted by molar-refractivity contribution is 7.99. The molecule has 0 saturated carbocycles. The number of nitrogens with one attached hydrogen (secondary N) is 2. The third-order valence-corrected chi connectivity index (χ3v) is 3.13. The normalized spacial score (nSPS) is 20.9.